The molecule has 15 heavy (non-hydrogen) atoms. The summed E-state index contributed by atoms with van der Waals surface area (Å²) in [6, 6.07) is 0.790. The van der Waals surface area contributed by atoms with Crippen LogP contribution >= 0.6 is 0 Å². The van der Waals surface area contributed by atoms with Gasteiger partial charge in [-0.05, 0) is 50.4 Å². The van der Waals surface area contributed by atoms with E-state index in [-0.39, 0.29) is 0 Å². The Labute approximate surface area is 92.3 Å². The minimum absolute atomic E-state index is 0.493. The highest BCUT2D eigenvalue weighted by molar-refractivity contribution is 4.90. The van der Waals surface area contributed by atoms with Gasteiger partial charge in [-0.2, -0.15) is 0 Å². The molecule has 1 heterocycles. The highest BCUT2D eigenvalue weighted by atomic mass is 16.5. The van der Waals surface area contributed by atoms with E-state index in [0.717, 1.165) is 18.6 Å². The van der Waals surface area contributed by atoms with Crippen LogP contribution in [-0.2, 0) is 4.74 Å². The zero-order valence-electron chi connectivity index (χ0n) is 9.54. The largest absolute Gasteiger partial charge is 0.394 e. The van der Waals surface area contributed by atoms with Crippen LogP contribution < -0.4 is 10.6 Å². The number of hydrogen-bond acceptors (Lipinski definition) is 3. The smallest absolute Gasteiger partial charge is 0.0668 e. The van der Waals surface area contributed by atoms with Crippen LogP contribution in [0.3, 0.4) is 0 Å². The van der Waals surface area contributed by atoms with E-state index in [1.165, 1.54) is 32.2 Å². The van der Waals surface area contributed by atoms with Gasteiger partial charge in [-0.15, -0.1) is 0 Å². The first kappa shape index (κ1) is 11.0. The van der Waals surface area contributed by atoms with E-state index in [2.05, 4.69) is 10.6 Å². The average molecular weight is 210 g/mol. The summed E-state index contributed by atoms with van der Waals surface area (Å²) in [5, 5.41) is 6.55. The van der Waals surface area contributed by atoms with Crippen molar-refractivity contribution in [3.05, 3.63) is 12.3 Å². The predicted octanol–water partition coefficient (Wildman–Crippen LogP) is 1.27. The van der Waals surface area contributed by atoms with Gasteiger partial charge in [0.05, 0.1) is 12.7 Å². The molecule has 3 atom stereocenters. The molecule has 0 amide bonds. The van der Waals surface area contributed by atoms with Gasteiger partial charge in [0.1, 0.15) is 0 Å². The van der Waals surface area contributed by atoms with Crippen molar-refractivity contribution in [1.82, 2.24) is 10.6 Å². The topological polar surface area (TPSA) is 33.3 Å². The molecule has 0 bridgehead atoms. The quantitative estimate of drug-likeness (QED) is 0.733. The van der Waals surface area contributed by atoms with Gasteiger partial charge in [0, 0.05) is 13.1 Å². The van der Waals surface area contributed by atoms with Crippen LogP contribution in [-0.4, -0.2) is 32.3 Å². The van der Waals surface area contributed by atoms with Gasteiger partial charge in [-0.3, -0.25) is 0 Å². The van der Waals surface area contributed by atoms with Crippen LogP contribution in [0.1, 0.15) is 25.7 Å². The van der Waals surface area contributed by atoms with Gasteiger partial charge in [-0.1, -0.05) is 0 Å². The number of hydrogen-bond donors (Lipinski definition) is 2. The van der Waals surface area contributed by atoms with E-state index >= 15 is 0 Å². The van der Waals surface area contributed by atoms with Crippen LogP contribution in [0.2, 0.25) is 0 Å². The molecule has 1 aliphatic carbocycles. The van der Waals surface area contributed by atoms with Crippen molar-refractivity contribution in [3.8, 4) is 0 Å². The van der Waals surface area contributed by atoms with Gasteiger partial charge in [0.25, 0.3) is 0 Å². The van der Waals surface area contributed by atoms with E-state index in [9.17, 15) is 0 Å². The van der Waals surface area contributed by atoms with E-state index in [4.69, 9.17) is 4.74 Å². The lowest BCUT2D eigenvalue weighted by Crippen LogP contribution is -2.35. The molecule has 0 aromatic rings. The molecular weight excluding hydrogens is 188 g/mol. The Balaban J connectivity index is 1.68. The van der Waals surface area contributed by atoms with Crippen LogP contribution in [0.15, 0.2) is 12.3 Å². The van der Waals surface area contributed by atoms with Gasteiger partial charge >= 0.3 is 0 Å². The van der Waals surface area contributed by atoms with Crippen LogP contribution in [0.4, 0.5) is 0 Å². The summed E-state index contributed by atoms with van der Waals surface area (Å²) < 4.78 is 5.84. The van der Waals surface area contributed by atoms with Crippen LogP contribution in [0, 0.1) is 5.92 Å². The van der Waals surface area contributed by atoms with Crippen molar-refractivity contribution in [2.45, 2.75) is 37.8 Å². The Bertz CT molecular complexity index is 218. The molecule has 2 rings (SSSR count). The van der Waals surface area contributed by atoms with Crippen LogP contribution in [0.25, 0.3) is 0 Å². The number of nitrogens with one attached hydrogen (secondary N) is 2. The lowest BCUT2D eigenvalue weighted by molar-refractivity contribution is 0.0258. The molecule has 86 valence electrons. The first-order valence-corrected chi connectivity index (χ1v) is 6.07. The second-order valence-electron chi connectivity index (χ2n) is 4.57. The van der Waals surface area contributed by atoms with Gasteiger partial charge in [0.2, 0.25) is 0 Å². The minimum Gasteiger partial charge on any atom is -0.394 e. The molecule has 0 aromatic heterocycles. The van der Waals surface area contributed by atoms with Gasteiger partial charge in [0.15, 0.2) is 0 Å². The highest BCUT2D eigenvalue weighted by Gasteiger charge is 2.33. The number of ether oxygens (including phenoxy) is 1. The molecule has 2 aliphatic rings. The average Bonchev–Trinajstić information content (AvgIpc) is 2.71. The Morgan fingerprint density at radius 3 is 3.20 bits per heavy atom. The Morgan fingerprint density at radius 2 is 2.33 bits per heavy atom. The van der Waals surface area contributed by atoms with Crippen molar-refractivity contribution in [1.29, 1.82) is 0 Å². The molecule has 0 aromatic carbocycles. The third-order valence-electron chi connectivity index (χ3n) is 3.57. The molecule has 2 fully saturated rings. The predicted molar refractivity (Wildman–Crippen MR) is 61.7 cm³/mol. The zero-order chi connectivity index (χ0) is 10.5. The fourth-order valence-corrected chi connectivity index (χ4v) is 2.77. The maximum absolute atomic E-state index is 5.84. The lowest BCUT2D eigenvalue weighted by atomic mass is 9.84. The monoisotopic (exact) mass is 210 g/mol. The molecule has 0 spiro atoms. The first-order valence-electron chi connectivity index (χ1n) is 6.07. The molecule has 1 saturated carbocycles. The van der Waals surface area contributed by atoms with Crippen molar-refractivity contribution < 1.29 is 4.74 Å². The Morgan fingerprint density at radius 1 is 1.40 bits per heavy atom. The van der Waals surface area contributed by atoms with E-state index in [0.29, 0.717) is 6.10 Å². The fourth-order valence-electron chi connectivity index (χ4n) is 2.77. The normalized spacial score (nSPS) is 35.7. The van der Waals surface area contributed by atoms with Gasteiger partial charge in [-0.25, -0.2) is 0 Å². The molecule has 3 heteroatoms. The molecular formula is C12H22N2O. The van der Waals surface area contributed by atoms with Crippen molar-refractivity contribution >= 4 is 0 Å². The lowest BCUT2D eigenvalue weighted by Gasteiger charge is -2.31. The highest BCUT2D eigenvalue weighted by Crippen LogP contribution is 2.32. The maximum Gasteiger partial charge on any atom is 0.0668 e. The SMILES string of the molecule is CN/C=C\COC1CCC2NCCC2C1. The molecule has 1 saturated heterocycles. The number of fused-ring (bicyclic) bond motifs is 1. The Kier molecular flexibility index (Phi) is 4.03. The standard InChI is InChI=1S/C12H22N2O/c1-13-6-2-8-15-11-3-4-12-10(9-11)5-7-14-12/h2,6,10-14H,3-5,7-9H2,1H3/b6-2-. The summed E-state index contributed by atoms with van der Waals surface area (Å²) >= 11 is 0. The number of rotatable bonds is 4. The third kappa shape index (κ3) is 2.95. The van der Waals surface area contributed by atoms with E-state index in [1.807, 2.05) is 19.3 Å². The van der Waals surface area contributed by atoms with E-state index in [1.54, 1.807) is 0 Å². The van der Waals surface area contributed by atoms with Crippen molar-refractivity contribution in [3.63, 3.8) is 0 Å². The van der Waals surface area contributed by atoms with Gasteiger partial charge < -0.3 is 15.4 Å². The molecule has 3 nitrogen and oxygen atoms in total. The van der Waals surface area contributed by atoms with Crippen molar-refractivity contribution in [2.75, 3.05) is 20.2 Å². The summed E-state index contributed by atoms with van der Waals surface area (Å²) in [4.78, 5) is 0. The Hall–Kier alpha value is -0.540. The van der Waals surface area contributed by atoms with Crippen LogP contribution in [0.5, 0.6) is 0 Å². The maximum atomic E-state index is 5.84. The fraction of sp³-hybridized carbons (Fsp3) is 0.833. The summed E-state index contributed by atoms with van der Waals surface area (Å²) in [5.41, 5.74) is 0. The molecule has 0 radical (unpaired) electrons. The summed E-state index contributed by atoms with van der Waals surface area (Å²) in [5.74, 6) is 0.872. The zero-order valence-corrected chi connectivity index (χ0v) is 9.54. The summed E-state index contributed by atoms with van der Waals surface area (Å²) in [7, 11) is 1.91. The third-order valence-corrected chi connectivity index (χ3v) is 3.57. The molecule has 1 aliphatic heterocycles. The summed E-state index contributed by atoms with van der Waals surface area (Å²) in [6.07, 6.45) is 9.59. The second kappa shape index (κ2) is 5.52. The minimum atomic E-state index is 0.493. The van der Waals surface area contributed by atoms with Crippen molar-refractivity contribution in [2.24, 2.45) is 5.92 Å². The molecule has 2 N–H and O–H groups in total. The first-order chi connectivity index (χ1) is 7.40. The molecule has 3 unspecified atom stereocenters. The second-order valence-corrected chi connectivity index (χ2v) is 4.57. The van der Waals surface area contributed by atoms with E-state index < -0.39 is 0 Å². The summed E-state index contributed by atoms with van der Waals surface area (Å²) in [6.45, 7) is 1.96.